The summed E-state index contributed by atoms with van der Waals surface area (Å²) in [5.74, 6) is -0.295. The minimum atomic E-state index is -4.66. The van der Waals surface area contributed by atoms with Crippen molar-refractivity contribution in [1.82, 2.24) is 5.32 Å². The van der Waals surface area contributed by atoms with Crippen LogP contribution in [0.25, 0.3) is 0 Å². The Morgan fingerprint density at radius 1 is 0.729 bits per heavy atom. The molecule has 0 aliphatic carbocycles. The fourth-order valence-electron chi connectivity index (χ4n) is 5.33. The topological polar surface area (TPSA) is 128 Å². The van der Waals surface area contributed by atoms with Crippen molar-refractivity contribution in [3.63, 3.8) is 0 Å². The number of quaternary nitrogens is 1. The number of nitrogens with zero attached hydrogens (tertiary/aromatic N) is 1. The lowest BCUT2D eigenvalue weighted by Gasteiger charge is -2.31. The number of allylic oxidation sites excluding steroid dienone is 4. The molecule has 0 aromatic heterocycles. The number of carbonyl (C=O) groups excluding carboxylic acids is 1. The van der Waals surface area contributed by atoms with Crippen LogP contribution in [-0.4, -0.2) is 79.8 Å². The molecule has 0 saturated heterocycles. The molecular formula is C38H75N2O7P. The lowest BCUT2D eigenvalue weighted by molar-refractivity contribution is -0.870. The number of rotatable bonds is 34. The monoisotopic (exact) mass is 703 g/mol. The van der Waals surface area contributed by atoms with Gasteiger partial charge in [-0.2, -0.15) is 0 Å². The van der Waals surface area contributed by atoms with Crippen molar-refractivity contribution >= 4 is 13.7 Å². The fourth-order valence-corrected chi connectivity index (χ4v) is 6.05. The molecule has 0 bridgehead atoms. The highest BCUT2D eigenvalue weighted by Gasteiger charge is 2.29. The number of likely N-dealkylation sites (N-methyl/N-ethyl adjacent to an activating group) is 1. The van der Waals surface area contributed by atoms with E-state index in [2.05, 4.69) is 43.5 Å². The maximum Gasteiger partial charge on any atom is 0.268 e. The zero-order valence-corrected chi connectivity index (χ0v) is 32.4. The van der Waals surface area contributed by atoms with E-state index in [4.69, 9.17) is 9.05 Å². The van der Waals surface area contributed by atoms with Crippen molar-refractivity contribution in [2.75, 3.05) is 40.9 Å². The van der Waals surface area contributed by atoms with Gasteiger partial charge in [0.15, 0.2) is 0 Å². The van der Waals surface area contributed by atoms with Crippen LogP contribution in [-0.2, 0) is 18.4 Å². The number of unbranched alkanes of at least 4 members (excludes halogenated alkanes) is 16. The normalized spacial score (nSPS) is 15.6. The third kappa shape index (κ3) is 31.0. The van der Waals surface area contributed by atoms with Crippen LogP contribution in [0.5, 0.6) is 0 Å². The van der Waals surface area contributed by atoms with E-state index >= 15 is 0 Å². The Bertz CT molecular complexity index is 862. The molecule has 0 saturated carbocycles. The van der Waals surface area contributed by atoms with Gasteiger partial charge in [0.05, 0.1) is 39.9 Å². The highest BCUT2D eigenvalue weighted by molar-refractivity contribution is 7.45. The van der Waals surface area contributed by atoms with Crippen LogP contribution in [0.2, 0.25) is 0 Å². The van der Waals surface area contributed by atoms with Crippen molar-refractivity contribution in [2.24, 2.45) is 0 Å². The Morgan fingerprint density at radius 2 is 1.21 bits per heavy atom. The summed E-state index contributed by atoms with van der Waals surface area (Å²) in [4.78, 5) is 25.2. The molecule has 0 spiro atoms. The first-order valence-corrected chi connectivity index (χ1v) is 20.7. The number of aliphatic hydroxyl groups excluding tert-OH is 2. The number of amides is 1. The highest BCUT2D eigenvalue weighted by atomic mass is 31.2. The number of carbonyl (C=O) groups is 1. The fraction of sp³-hybridized carbons (Fsp3) is 0.868. The lowest BCUT2D eigenvalue weighted by Crippen LogP contribution is -2.51. The van der Waals surface area contributed by atoms with Crippen molar-refractivity contribution in [3.8, 4) is 0 Å². The minimum absolute atomic E-state index is 0.0474. The van der Waals surface area contributed by atoms with E-state index in [1.165, 1.54) is 70.6 Å². The first-order chi connectivity index (χ1) is 22.9. The van der Waals surface area contributed by atoms with Gasteiger partial charge in [-0.25, -0.2) is 0 Å². The van der Waals surface area contributed by atoms with Crippen LogP contribution in [0.4, 0.5) is 0 Å². The summed E-state index contributed by atoms with van der Waals surface area (Å²) in [7, 11) is 1.10. The Hall–Kier alpha value is -1.06. The Kier molecular flexibility index (Phi) is 30.1. The predicted molar refractivity (Wildman–Crippen MR) is 198 cm³/mol. The van der Waals surface area contributed by atoms with Crippen LogP contribution < -0.4 is 10.2 Å². The minimum Gasteiger partial charge on any atom is -0.756 e. The SMILES string of the molecule is CCCCC/C=C/CC/C=C/CCCC(O)C(O)C(COP(=O)([O-])OCC[N+](C)(C)C)NC(=O)CCCCCCCCCCCCCC. The summed E-state index contributed by atoms with van der Waals surface area (Å²) >= 11 is 0. The van der Waals surface area contributed by atoms with Crippen molar-refractivity contribution < 1.29 is 38.0 Å². The van der Waals surface area contributed by atoms with Crippen LogP contribution in [0.15, 0.2) is 24.3 Å². The van der Waals surface area contributed by atoms with Crippen LogP contribution in [0, 0.1) is 0 Å². The highest BCUT2D eigenvalue weighted by Crippen LogP contribution is 2.38. The van der Waals surface area contributed by atoms with Crippen LogP contribution >= 0.6 is 7.82 Å². The summed E-state index contributed by atoms with van der Waals surface area (Å²) in [6.45, 7) is 4.34. The molecule has 0 radical (unpaired) electrons. The molecule has 9 nitrogen and oxygen atoms in total. The molecular weight excluding hydrogens is 627 g/mol. The zero-order valence-electron chi connectivity index (χ0n) is 31.5. The van der Waals surface area contributed by atoms with E-state index in [9.17, 15) is 24.5 Å². The van der Waals surface area contributed by atoms with Gasteiger partial charge in [-0.1, -0.05) is 122 Å². The third-order valence-electron chi connectivity index (χ3n) is 8.51. The Balaban J connectivity index is 4.69. The second-order valence-corrected chi connectivity index (χ2v) is 15.8. The van der Waals surface area contributed by atoms with Gasteiger partial charge in [0.1, 0.15) is 19.3 Å². The largest absolute Gasteiger partial charge is 0.756 e. The number of aliphatic hydroxyl groups is 2. The molecule has 0 fully saturated rings. The summed E-state index contributed by atoms with van der Waals surface area (Å²) in [5.41, 5.74) is 0. The van der Waals surface area contributed by atoms with Gasteiger partial charge < -0.3 is 34.0 Å². The molecule has 4 unspecified atom stereocenters. The van der Waals surface area contributed by atoms with E-state index < -0.39 is 32.7 Å². The van der Waals surface area contributed by atoms with E-state index in [0.717, 1.165) is 44.9 Å². The molecule has 284 valence electrons. The van der Waals surface area contributed by atoms with Crippen molar-refractivity contribution in [2.45, 2.75) is 173 Å². The van der Waals surface area contributed by atoms with Gasteiger partial charge in [-0.3, -0.25) is 9.36 Å². The molecule has 1 amide bonds. The Morgan fingerprint density at radius 3 is 1.75 bits per heavy atom. The van der Waals surface area contributed by atoms with Gasteiger partial charge in [0.25, 0.3) is 7.82 Å². The molecule has 48 heavy (non-hydrogen) atoms. The molecule has 4 atom stereocenters. The molecule has 0 heterocycles. The number of nitrogens with one attached hydrogen (secondary N) is 1. The van der Waals surface area contributed by atoms with Crippen LogP contribution in [0.1, 0.15) is 155 Å². The maximum absolute atomic E-state index is 12.8. The molecule has 0 rings (SSSR count). The van der Waals surface area contributed by atoms with Crippen molar-refractivity contribution in [1.29, 1.82) is 0 Å². The van der Waals surface area contributed by atoms with Crippen molar-refractivity contribution in [3.05, 3.63) is 24.3 Å². The van der Waals surface area contributed by atoms with Crippen LogP contribution in [0.3, 0.4) is 0 Å². The average molecular weight is 703 g/mol. The summed E-state index contributed by atoms with van der Waals surface area (Å²) in [6.07, 6.45) is 29.3. The van der Waals surface area contributed by atoms with Gasteiger partial charge in [0, 0.05) is 6.42 Å². The van der Waals surface area contributed by atoms with Gasteiger partial charge >= 0.3 is 0 Å². The number of hydrogen-bond donors (Lipinski definition) is 3. The molecule has 3 N–H and O–H groups in total. The first-order valence-electron chi connectivity index (χ1n) is 19.3. The Labute approximate surface area is 295 Å². The third-order valence-corrected chi connectivity index (χ3v) is 9.48. The van der Waals surface area contributed by atoms with E-state index in [0.29, 0.717) is 30.3 Å². The molecule has 0 aliphatic rings. The molecule has 10 heteroatoms. The van der Waals surface area contributed by atoms with E-state index in [1.54, 1.807) is 0 Å². The second-order valence-electron chi connectivity index (χ2n) is 14.4. The average Bonchev–Trinajstić information content (AvgIpc) is 3.02. The summed E-state index contributed by atoms with van der Waals surface area (Å²) < 4.78 is 23.0. The smallest absolute Gasteiger partial charge is 0.268 e. The first kappa shape index (κ1) is 46.9. The quantitative estimate of drug-likeness (QED) is 0.0267. The van der Waals surface area contributed by atoms with Gasteiger partial charge in [0.2, 0.25) is 5.91 Å². The number of hydrogen-bond acceptors (Lipinski definition) is 7. The maximum atomic E-state index is 12.8. The zero-order chi connectivity index (χ0) is 35.9. The number of phosphoric ester groups is 1. The molecule has 0 aromatic rings. The second kappa shape index (κ2) is 30.7. The summed E-state index contributed by atoms with van der Waals surface area (Å²) in [5, 5.41) is 24.4. The lowest BCUT2D eigenvalue weighted by atomic mass is 10.0. The molecule has 0 aromatic carbocycles. The van der Waals surface area contributed by atoms with Gasteiger partial charge in [-0.15, -0.1) is 0 Å². The summed E-state index contributed by atoms with van der Waals surface area (Å²) in [6, 6.07) is -1.09. The molecule has 0 aliphatic heterocycles. The standard InChI is InChI=1S/C38H75N2O7P/c1-6-8-10-12-14-16-18-20-22-24-26-28-30-36(41)38(43)35(34-47-48(44,45)46-33-32-40(3,4)5)39-37(42)31-29-27-25-23-21-19-17-15-13-11-9-7-2/h14,16,22,24,35-36,38,41,43H,6-13,15,17-21,23,25-34H2,1-5H3,(H-,39,42,44,45)/b16-14+,24-22+. The number of phosphoric acid groups is 1. The van der Waals surface area contributed by atoms with E-state index in [1.807, 2.05) is 21.1 Å². The van der Waals surface area contributed by atoms with E-state index in [-0.39, 0.29) is 18.9 Å². The predicted octanol–water partition coefficient (Wildman–Crippen LogP) is 8.14. The van der Waals surface area contributed by atoms with Gasteiger partial charge in [-0.05, 0) is 51.4 Å².